The van der Waals surface area contributed by atoms with Gasteiger partial charge in [0.15, 0.2) is 0 Å². The van der Waals surface area contributed by atoms with Gasteiger partial charge in [-0.3, -0.25) is 4.79 Å². The van der Waals surface area contributed by atoms with E-state index in [1.54, 1.807) is 12.1 Å². The maximum absolute atomic E-state index is 12.0. The molecule has 0 radical (unpaired) electrons. The van der Waals surface area contributed by atoms with E-state index in [0.717, 1.165) is 18.4 Å². The number of carboxylic acids is 1. The molecule has 1 aromatic rings. The first-order valence-electron chi connectivity index (χ1n) is 6.93. The summed E-state index contributed by atoms with van der Waals surface area (Å²) in [5, 5.41) is 12.1. The van der Waals surface area contributed by atoms with E-state index in [-0.39, 0.29) is 11.9 Å². The standard InChI is InChI=1S/C16H21NO3/c1-16(2,3)15(20)17-13-7-6-10-4-5-11(14(18)19)8-12(10)9-13/h4-5,8,13H,6-7,9H2,1-3H3,(H,17,20)(H,18,19). The van der Waals surface area contributed by atoms with Crippen LogP contribution in [0.4, 0.5) is 0 Å². The summed E-state index contributed by atoms with van der Waals surface area (Å²) in [6.45, 7) is 5.67. The Morgan fingerprint density at radius 1 is 1.25 bits per heavy atom. The zero-order valence-electron chi connectivity index (χ0n) is 12.2. The summed E-state index contributed by atoms with van der Waals surface area (Å²) in [4.78, 5) is 23.0. The van der Waals surface area contributed by atoms with E-state index in [4.69, 9.17) is 5.11 Å². The maximum atomic E-state index is 12.0. The van der Waals surface area contributed by atoms with Crippen LogP contribution in [0.3, 0.4) is 0 Å². The normalized spacial score (nSPS) is 18.2. The monoisotopic (exact) mass is 275 g/mol. The number of carboxylic acid groups (broad SMARTS) is 1. The van der Waals surface area contributed by atoms with E-state index < -0.39 is 11.4 Å². The van der Waals surface area contributed by atoms with Gasteiger partial charge in [0.1, 0.15) is 0 Å². The minimum absolute atomic E-state index is 0.0420. The van der Waals surface area contributed by atoms with Gasteiger partial charge in [-0.25, -0.2) is 4.79 Å². The highest BCUT2D eigenvalue weighted by atomic mass is 16.4. The fraction of sp³-hybridized carbons (Fsp3) is 0.500. The van der Waals surface area contributed by atoms with Crippen molar-refractivity contribution in [3.63, 3.8) is 0 Å². The number of rotatable bonds is 2. The van der Waals surface area contributed by atoms with Gasteiger partial charge in [-0.05, 0) is 42.5 Å². The molecule has 4 nitrogen and oxygen atoms in total. The lowest BCUT2D eigenvalue weighted by atomic mass is 9.86. The van der Waals surface area contributed by atoms with E-state index in [1.807, 2.05) is 26.8 Å². The molecule has 0 aliphatic heterocycles. The molecule has 1 unspecified atom stereocenters. The molecule has 0 fully saturated rings. The Hall–Kier alpha value is -1.84. The van der Waals surface area contributed by atoms with Gasteiger partial charge < -0.3 is 10.4 Å². The van der Waals surface area contributed by atoms with Gasteiger partial charge in [0.2, 0.25) is 5.91 Å². The number of carbonyl (C=O) groups is 2. The lowest BCUT2D eigenvalue weighted by Crippen LogP contribution is -2.44. The molecular weight excluding hydrogens is 254 g/mol. The van der Waals surface area contributed by atoms with Crippen LogP contribution in [-0.2, 0) is 17.6 Å². The summed E-state index contributed by atoms with van der Waals surface area (Å²) in [5.41, 5.74) is 2.14. The van der Waals surface area contributed by atoms with Crippen molar-refractivity contribution in [2.45, 2.75) is 46.1 Å². The number of benzene rings is 1. The summed E-state index contributed by atoms with van der Waals surface area (Å²) in [5.74, 6) is -0.867. The average Bonchev–Trinajstić information content (AvgIpc) is 2.36. The summed E-state index contributed by atoms with van der Waals surface area (Å²) >= 11 is 0. The van der Waals surface area contributed by atoms with Crippen molar-refractivity contribution in [3.8, 4) is 0 Å². The molecule has 4 heteroatoms. The molecule has 1 atom stereocenters. The smallest absolute Gasteiger partial charge is 0.335 e. The van der Waals surface area contributed by atoms with Crippen LogP contribution in [0, 0.1) is 5.41 Å². The van der Waals surface area contributed by atoms with Crippen molar-refractivity contribution < 1.29 is 14.7 Å². The minimum Gasteiger partial charge on any atom is -0.478 e. The van der Waals surface area contributed by atoms with Crippen molar-refractivity contribution in [3.05, 3.63) is 34.9 Å². The van der Waals surface area contributed by atoms with Crippen LogP contribution in [0.2, 0.25) is 0 Å². The Labute approximate surface area is 119 Å². The van der Waals surface area contributed by atoms with Crippen LogP contribution in [0.5, 0.6) is 0 Å². The third-order valence-corrected chi connectivity index (χ3v) is 3.70. The van der Waals surface area contributed by atoms with Crippen molar-refractivity contribution >= 4 is 11.9 Å². The third kappa shape index (κ3) is 3.18. The van der Waals surface area contributed by atoms with Gasteiger partial charge in [0.05, 0.1) is 5.56 Å². The van der Waals surface area contributed by atoms with Gasteiger partial charge in [-0.15, -0.1) is 0 Å². The zero-order valence-corrected chi connectivity index (χ0v) is 12.2. The van der Waals surface area contributed by atoms with E-state index in [2.05, 4.69) is 5.32 Å². The van der Waals surface area contributed by atoms with Crippen molar-refractivity contribution in [2.75, 3.05) is 0 Å². The van der Waals surface area contributed by atoms with Crippen LogP contribution in [0.25, 0.3) is 0 Å². The summed E-state index contributed by atoms with van der Waals surface area (Å²) in [6, 6.07) is 5.36. The lowest BCUT2D eigenvalue weighted by molar-refractivity contribution is -0.129. The highest BCUT2D eigenvalue weighted by Crippen LogP contribution is 2.24. The molecule has 0 saturated heterocycles. The molecule has 0 bridgehead atoms. The fourth-order valence-corrected chi connectivity index (χ4v) is 2.42. The average molecular weight is 275 g/mol. The second-order valence-corrected chi connectivity index (χ2v) is 6.45. The fourth-order valence-electron chi connectivity index (χ4n) is 2.42. The molecular formula is C16H21NO3. The van der Waals surface area contributed by atoms with Gasteiger partial charge in [-0.2, -0.15) is 0 Å². The SMILES string of the molecule is CC(C)(C)C(=O)NC1CCc2ccc(C(=O)O)cc2C1. The highest BCUT2D eigenvalue weighted by Gasteiger charge is 2.26. The first-order chi connectivity index (χ1) is 9.27. The molecule has 0 aromatic heterocycles. The van der Waals surface area contributed by atoms with Crippen LogP contribution >= 0.6 is 0 Å². The molecule has 0 spiro atoms. The minimum atomic E-state index is -0.909. The Kier molecular flexibility index (Phi) is 3.84. The molecule has 1 aliphatic rings. The number of hydrogen-bond donors (Lipinski definition) is 2. The van der Waals surface area contributed by atoms with Crippen LogP contribution in [-0.4, -0.2) is 23.0 Å². The molecule has 1 aromatic carbocycles. The maximum Gasteiger partial charge on any atom is 0.335 e. The van der Waals surface area contributed by atoms with Crippen molar-refractivity contribution in [1.82, 2.24) is 5.32 Å². The number of carbonyl (C=O) groups excluding carboxylic acids is 1. The van der Waals surface area contributed by atoms with Gasteiger partial charge in [0, 0.05) is 11.5 Å². The van der Waals surface area contributed by atoms with Crippen LogP contribution < -0.4 is 5.32 Å². The lowest BCUT2D eigenvalue weighted by Gasteiger charge is -2.28. The summed E-state index contributed by atoms with van der Waals surface area (Å²) in [7, 11) is 0. The van der Waals surface area contributed by atoms with Crippen molar-refractivity contribution in [2.24, 2.45) is 5.41 Å². The third-order valence-electron chi connectivity index (χ3n) is 3.70. The molecule has 108 valence electrons. The van der Waals surface area contributed by atoms with E-state index in [0.29, 0.717) is 12.0 Å². The van der Waals surface area contributed by atoms with E-state index >= 15 is 0 Å². The van der Waals surface area contributed by atoms with Crippen LogP contribution in [0.1, 0.15) is 48.7 Å². The number of hydrogen-bond acceptors (Lipinski definition) is 2. The number of nitrogens with one attached hydrogen (secondary N) is 1. The Morgan fingerprint density at radius 3 is 2.55 bits per heavy atom. The number of amides is 1. The summed E-state index contributed by atoms with van der Waals surface area (Å²) in [6.07, 6.45) is 2.49. The van der Waals surface area contributed by atoms with E-state index in [1.165, 1.54) is 5.56 Å². The molecule has 20 heavy (non-hydrogen) atoms. The second kappa shape index (κ2) is 5.27. The largest absolute Gasteiger partial charge is 0.478 e. The first-order valence-corrected chi connectivity index (χ1v) is 6.93. The molecule has 0 heterocycles. The second-order valence-electron chi connectivity index (χ2n) is 6.45. The molecule has 1 aliphatic carbocycles. The molecule has 1 amide bonds. The Bertz CT molecular complexity index is 543. The molecule has 2 N–H and O–H groups in total. The molecule has 2 rings (SSSR count). The predicted molar refractivity (Wildman–Crippen MR) is 76.8 cm³/mol. The van der Waals surface area contributed by atoms with Gasteiger partial charge in [-0.1, -0.05) is 26.8 Å². The predicted octanol–water partition coefficient (Wildman–Crippen LogP) is 2.40. The van der Waals surface area contributed by atoms with Crippen LogP contribution in [0.15, 0.2) is 18.2 Å². The quantitative estimate of drug-likeness (QED) is 0.871. The molecule has 0 saturated carbocycles. The van der Waals surface area contributed by atoms with E-state index in [9.17, 15) is 9.59 Å². The summed E-state index contributed by atoms with van der Waals surface area (Å²) < 4.78 is 0. The Balaban J connectivity index is 2.12. The number of fused-ring (bicyclic) bond motifs is 1. The topological polar surface area (TPSA) is 66.4 Å². The zero-order chi connectivity index (χ0) is 14.9. The number of aryl methyl sites for hydroxylation is 1. The highest BCUT2D eigenvalue weighted by molar-refractivity contribution is 5.88. The Morgan fingerprint density at radius 2 is 1.95 bits per heavy atom. The van der Waals surface area contributed by atoms with Gasteiger partial charge in [0.25, 0.3) is 0 Å². The van der Waals surface area contributed by atoms with Gasteiger partial charge >= 0.3 is 5.97 Å². The first kappa shape index (κ1) is 14.6. The van der Waals surface area contributed by atoms with Crippen molar-refractivity contribution in [1.29, 1.82) is 0 Å². The number of aromatic carboxylic acids is 1.